The molecule has 2 amide bonds. The summed E-state index contributed by atoms with van der Waals surface area (Å²) in [6.45, 7) is 4.12. The van der Waals surface area contributed by atoms with Crippen molar-refractivity contribution in [2.45, 2.75) is 32.4 Å². The van der Waals surface area contributed by atoms with Gasteiger partial charge in [-0.3, -0.25) is 9.59 Å². The number of methoxy groups -OCH3 is 1. The van der Waals surface area contributed by atoms with Crippen LogP contribution in [0, 0.1) is 13.8 Å². The summed E-state index contributed by atoms with van der Waals surface area (Å²) in [6, 6.07) is 5.19. The fraction of sp³-hybridized carbons (Fsp3) is 0.500. The van der Waals surface area contributed by atoms with Crippen LogP contribution in [0.25, 0.3) is 0 Å². The Morgan fingerprint density at radius 1 is 1.36 bits per heavy atom. The van der Waals surface area contributed by atoms with E-state index >= 15 is 0 Å². The van der Waals surface area contributed by atoms with Crippen molar-refractivity contribution in [1.29, 1.82) is 0 Å². The summed E-state index contributed by atoms with van der Waals surface area (Å²) < 4.78 is 10.8. The van der Waals surface area contributed by atoms with Gasteiger partial charge in [0, 0.05) is 20.1 Å². The van der Waals surface area contributed by atoms with Crippen molar-refractivity contribution in [2.75, 3.05) is 20.3 Å². The number of rotatable bonds is 5. The molecule has 0 unspecified atom stereocenters. The summed E-state index contributed by atoms with van der Waals surface area (Å²) >= 11 is 0. The first-order chi connectivity index (χ1) is 10.4. The van der Waals surface area contributed by atoms with E-state index in [0.29, 0.717) is 18.7 Å². The largest absolute Gasteiger partial charge is 0.483 e. The first-order valence-electron chi connectivity index (χ1n) is 7.24. The van der Waals surface area contributed by atoms with Crippen LogP contribution in [0.5, 0.6) is 5.75 Å². The summed E-state index contributed by atoms with van der Waals surface area (Å²) in [6.07, 6.45) is 0.267. The van der Waals surface area contributed by atoms with E-state index in [2.05, 4.69) is 0 Å². The Hall–Kier alpha value is -2.08. The monoisotopic (exact) mass is 306 g/mol. The van der Waals surface area contributed by atoms with Crippen molar-refractivity contribution >= 4 is 11.8 Å². The number of ether oxygens (including phenoxy) is 2. The number of amides is 2. The van der Waals surface area contributed by atoms with E-state index in [9.17, 15) is 9.59 Å². The van der Waals surface area contributed by atoms with Crippen LogP contribution in [-0.4, -0.2) is 49.1 Å². The van der Waals surface area contributed by atoms with Crippen LogP contribution < -0.4 is 10.5 Å². The molecule has 1 aliphatic heterocycles. The summed E-state index contributed by atoms with van der Waals surface area (Å²) in [7, 11) is 1.56. The molecule has 0 aromatic heterocycles. The fourth-order valence-corrected chi connectivity index (χ4v) is 2.60. The van der Waals surface area contributed by atoms with E-state index in [-0.39, 0.29) is 18.6 Å². The molecular formula is C16H22N2O4. The van der Waals surface area contributed by atoms with Crippen LogP contribution in [0.15, 0.2) is 18.2 Å². The Kier molecular flexibility index (Phi) is 5.03. The molecule has 0 saturated carbocycles. The molecule has 0 bridgehead atoms. The first-order valence-corrected chi connectivity index (χ1v) is 7.24. The maximum Gasteiger partial charge on any atom is 0.261 e. The number of hydrogen-bond acceptors (Lipinski definition) is 4. The number of benzene rings is 1. The Morgan fingerprint density at radius 2 is 2.09 bits per heavy atom. The first kappa shape index (κ1) is 16.3. The molecular weight excluding hydrogens is 284 g/mol. The molecule has 22 heavy (non-hydrogen) atoms. The number of carbonyl (C=O) groups excluding carboxylic acids is 2. The number of likely N-dealkylation sites (tertiary alicyclic amines) is 1. The van der Waals surface area contributed by atoms with E-state index in [1.165, 1.54) is 4.90 Å². The zero-order chi connectivity index (χ0) is 16.3. The minimum Gasteiger partial charge on any atom is -0.483 e. The second-order valence-electron chi connectivity index (χ2n) is 5.62. The molecule has 1 aromatic carbocycles. The molecule has 2 atom stereocenters. The van der Waals surface area contributed by atoms with Crippen molar-refractivity contribution in [3.05, 3.63) is 29.3 Å². The summed E-state index contributed by atoms with van der Waals surface area (Å²) in [5, 5.41) is 0. The van der Waals surface area contributed by atoms with E-state index in [4.69, 9.17) is 15.2 Å². The number of carbonyl (C=O) groups is 2. The minimum absolute atomic E-state index is 0.121. The summed E-state index contributed by atoms with van der Waals surface area (Å²) in [5.74, 6) is -0.102. The second-order valence-corrected chi connectivity index (χ2v) is 5.62. The van der Waals surface area contributed by atoms with Gasteiger partial charge in [0.05, 0.1) is 6.10 Å². The zero-order valence-electron chi connectivity index (χ0n) is 13.2. The molecule has 2 N–H and O–H groups in total. The summed E-state index contributed by atoms with van der Waals surface area (Å²) in [5.41, 5.74) is 7.38. The van der Waals surface area contributed by atoms with Gasteiger partial charge in [-0.05, 0) is 31.0 Å². The van der Waals surface area contributed by atoms with Gasteiger partial charge in [0.15, 0.2) is 6.61 Å². The molecule has 0 spiro atoms. The third-order valence-corrected chi connectivity index (χ3v) is 3.94. The van der Waals surface area contributed by atoms with Gasteiger partial charge in [0.1, 0.15) is 11.8 Å². The highest BCUT2D eigenvalue weighted by atomic mass is 16.5. The lowest BCUT2D eigenvalue weighted by Crippen LogP contribution is -2.45. The van der Waals surface area contributed by atoms with E-state index < -0.39 is 11.9 Å². The lowest BCUT2D eigenvalue weighted by molar-refractivity contribution is -0.139. The normalized spacial score (nSPS) is 21.0. The molecule has 1 saturated heterocycles. The lowest BCUT2D eigenvalue weighted by atomic mass is 10.1. The molecule has 6 heteroatoms. The van der Waals surface area contributed by atoms with Crippen LogP contribution in [0.3, 0.4) is 0 Å². The Labute approximate surface area is 130 Å². The molecule has 0 radical (unpaired) electrons. The highest BCUT2D eigenvalue weighted by Gasteiger charge is 2.38. The molecule has 6 nitrogen and oxygen atoms in total. The smallest absolute Gasteiger partial charge is 0.261 e. The van der Waals surface area contributed by atoms with Crippen LogP contribution in [0.1, 0.15) is 17.5 Å². The van der Waals surface area contributed by atoms with E-state index in [1.54, 1.807) is 7.11 Å². The standard InChI is InChI=1S/C16H22N2O4/c1-10-4-5-11(2)14(6-10)22-9-15(19)18-8-12(21-3)7-13(18)16(17)20/h4-6,12-13H,7-9H2,1-3H3,(H2,17,20)/t12-,13-/m0/s1. The zero-order valence-corrected chi connectivity index (χ0v) is 13.2. The SMILES string of the molecule is CO[C@H]1C[C@@H](C(N)=O)N(C(=O)COc2cc(C)ccc2C)C1. The van der Waals surface area contributed by atoms with Gasteiger partial charge in [0.25, 0.3) is 5.91 Å². The third-order valence-electron chi connectivity index (χ3n) is 3.94. The van der Waals surface area contributed by atoms with Crippen LogP contribution in [0.4, 0.5) is 0 Å². The predicted octanol–water partition coefficient (Wildman–Crippen LogP) is 0.783. The molecule has 1 aromatic rings. The summed E-state index contributed by atoms with van der Waals surface area (Å²) in [4.78, 5) is 25.3. The van der Waals surface area contributed by atoms with Gasteiger partial charge in [-0.1, -0.05) is 12.1 Å². The molecule has 1 heterocycles. The lowest BCUT2D eigenvalue weighted by Gasteiger charge is -2.22. The van der Waals surface area contributed by atoms with Gasteiger partial charge in [0.2, 0.25) is 5.91 Å². The van der Waals surface area contributed by atoms with Gasteiger partial charge in [-0.15, -0.1) is 0 Å². The number of nitrogens with two attached hydrogens (primary N) is 1. The Balaban J connectivity index is 2.02. The average Bonchev–Trinajstić information content (AvgIpc) is 2.92. The number of aryl methyl sites for hydroxylation is 2. The predicted molar refractivity (Wildman–Crippen MR) is 81.5 cm³/mol. The van der Waals surface area contributed by atoms with Crippen molar-refractivity contribution in [3.63, 3.8) is 0 Å². The van der Waals surface area contributed by atoms with Crippen molar-refractivity contribution in [3.8, 4) is 5.75 Å². The number of nitrogens with zero attached hydrogens (tertiary/aromatic N) is 1. The molecule has 2 rings (SSSR count). The highest BCUT2D eigenvalue weighted by molar-refractivity contribution is 5.88. The average molecular weight is 306 g/mol. The van der Waals surface area contributed by atoms with Gasteiger partial charge < -0.3 is 20.1 Å². The highest BCUT2D eigenvalue weighted by Crippen LogP contribution is 2.22. The number of hydrogen-bond donors (Lipinski definition) is 1. The third kappa shape index (κ3) is 3.57. The molecule has 1 fully saturated rings. The van der Waals surface area contributed by atoms with Gasteiger partial charge in [-0.25, -0.2) is 0 Å². The van der Waals surface area contributed by atoms with Gasteiger partial charge in [-0.2, -0.15) is 0 Å². The van der Waals surface area contributed by atoms with Crippen molar-refractivity contribution in [2.24, 2.45) is 5.73 Å². The fourth-order valence-electron chi connectivity index (χ4n) is 2.60. The van der Waals surface area contributed by atoms with E-state index in [0.717, 1.165) is 11.1 Å². The quantitative estimate of drug-likeness (QED) is 0.871. The van der Waals surface area contributed by atoms with Crippen LogP contribution in [0.2, 0.25) is 0 Å². The molecule has 120 valence electrons. The number of primary amides is 1. The second kappa shape index (κ2) is 6.79. The van der Waals surface area contributed by atoms with Crippen LogP contribution >= 0.6 is 0 Å². The van der Waals surface area contributed by atoms with Crippen molar-refractivity contribution < 1.29 is 19.1 Å². The van der Waals surface area contributed by atoms with Crippen LogP contribution in [-0.2, 0) is 14.3 Å². The minimum atomic E-state index is -0.625. The van der Waals surface area contributed by atoms with E-state index in [1.807, 2.05) is 32.0 Å². The van der Waals surface area contributed by atoms with Gasteiger partial charge >= 0.3 is 0 Å². The Bertz CT molecular complexity index is 573. The topological polar surface area (TPSA) is 81.9 Å². The Morgan fingerprint density at radius 3 is 2.73 bits per heavy atom. The maximum absolute atomic E-state index is 12.3. The molecule has 1 aliphatic rings. The van der Waals surface area contributed by atoms with Crippen molar-refractivity contribution in [1.82, 2.24) is 4.90 Å². The maximum atomic E-state index is 12.3. The molecule has 0 aliphatic carbocycles.